The molecular formula is C7H2F6N2O2. The van der Waals surface area contributed by atoms with Gasteiger partial charge in [0.05, 0.1) is 4.92 Å². The lowest BCUT2D eigenvalue weighted by Crippen LogP contribution is -2.14. The van der Waals surface area contributed by atoms with Gasteiger partial charge in [-0.15, -0.1) is 0 Å². The second-order valence-electron chi connectivity index (χ2n) is 2.78. The van der Waals surface area contributed by atoms with Gasteiger partial charge >= 0.3 is 11.9 Å². The number of hydrogen-bond acceptors (Lipinski definition) is 3. The number of rotatable bonds is 2. The molecule has 0 atom stereocenters. The van der Waals surface area contributed by atoms with Crippen LogP contribution >= 0.6 is 0 Å². The molecule has 0 N–H and O–H groups in total. The summed E-state index contributed by atoms with van der Waals surface area (Å²) in [5.41, 5.74) is -5.61. The zero-order chi connectivity index (χ0) is 13.4. The fourth-order valence-electron chi connectivity index (χ4n) is 1.03. The third kappa shape index (κ3) is 2.45. The highest BCUT2D eigenvalue weighted by atomic mass is 19.4. The van der Waals surface area contributed by atoms with Gasteiger partial charge in [0.25, 0.3) is 6.43 Å². The van der Waals surface area contributed by atoms with Crippen molar-refractivity contribution in [3.05, 3.63) is 33.4 Å². The Kier molecular flexibility index (Phi) is 3.25. The maximum atomic E-state index is 13.1. The molecule has 0 spiro atoms. The first-order valence-corrected chi connectivity index (χ1v) is 3.84. The van der Waals surface area contributed by atoms with E-state index in [4.69, 9.17) is 0 Å². The van der Waals surface area contributed by atoms with Crippen LogP contribution in [0.1, 0.15) is 17.7 Å². The Morgan fingerprint density at radius 3 is 2.24 bits per heavy atom. The van der Waals surface area contributed by atoms with E-state index in [0.717, 1.165) is 0 Å². The number of halogens is 6. The van der Waals surface area contributed by atoms with Crippen LogP contribution in [0.4, 0.5) is 32.0 Å². The van der Waals surface area contributed by atoms with Crippen molar-refractivity contribution in [1.82, 2.24) is 4.98 Å². The maximum Gasteiger partial charge on any atom is 0.436 e. The molecule has 1 aromatic heterocycles. The van der Waals surface area contributed by atoms with Crippen LogP contribution in [0.2, 0.25) is 0 Å². The fourth-order valence-corrected chi connectivity index (χ4v) is 1.03. The van der Waals surface area contributed by atoms with Crippen molar-refractivity contribution in [1.29, 1.82) is 0 Å². The number of alkyl halides is 5. The average molecular weight is 260 g/mol. The van der Waals surface area contributed by atoms with Crippen LogP contribution in [-0.4, -0.2) is 9.91 Å². The molecule has 94 valence electrons. The first kappa shape index (κ1) is 13.2. The van der Waals surface area contributed by atoms with Crippen molar-refractivity contribution in [3.8, 4) is 0 Å². The summed E-state index contributed by atoms with van der Waals surface area (Å²) in [4.78, 5) is 11.0. The van der Waals surface area contributed by atoms with E-state index >= 15 is 0 Å². The van der Waals surface area contributed by atoms with Crippen LogP contribution in [0.5, 0.6) is 0 Å². The Morgan fingerprint density at radius 1 is 1.35 bits per heavy atom. The predicted molar refractivity (Wildman–Crippen MR) is 40.8 cm³/mol. The standard InChI is InChI=1S/C7H2F6N2O2/c8-3-4(15(16)17)2(6(9)10)1-14-5(3)7(11,12)13/h1,6H. The zero-order valence-corrected chi connectivity index (χ0v) is 7.63. The Hall–Kier alpha value is -1.87. The lowest BCUT2D eigenvalue weighted by molar-refractivity contribution is -0.389. The minimum atomic E-state index is -5.30. The molecule has 10 heteroatoms. The summed E-state index contributed by atoms with van der Waals surface area (Å²) in [6.07, 6.45) is -8.86. The number of nitrogens with zero attached hydrogens (tertiary/aromatic N) is 2. The van der Waals surface area contributed by atoms with Crippen LogP contribution in [0.3, 0.4) is 0 Å². The van der Waals surface area contributed by atoms with Gasteiger partial charge in [-0.3, -0.25) is 10.1 Å². The lowest BCUT2D eigenvalue weighted by Gasteiger charge is -2.08. The number of nitro groups is 1. The molecule has 0 aliphatic rings. The summed E-state index contributed by atoms with van der Waals surface area (Å²) in [7, 11) is 0. The van der Waals surface area contributed by atoms with Crippen molar-refractivity contribution in [3.63, 3.8) is 0 Å². The van der Waals surface area contributed by atoms with Gasteiger partial charge in [-0.05, 0) is 0 Å². The highest BCUT2D eigenvalue weighted by Crippen LogP contribution is 2.37. The topological polar surface area (TPSA) is 56.0 Å². The molecule has 0 fully saturated rings. The minimum absolute atomic E-state index is 0.0608. The molecule has 0 saturated carbocycles. The second-order valence-corrected chi connectivity index (χ2v) is 2.78. The van der Waals surface area contributed by atoms with Crippen LogP contribution < -0.4 is 0 Å². The minimum Gasteiger partial charge on any atom is -0.258 e. The molecule has 4 nitrogen and oxygen atoms in total. The van der Waals surface area contributed by atoms with Gasteiger partial charge in [-0.2, -0.15) is 17.6 Å². The third-order valence-corrected chi connectivity index (χ3v) is 1.71. The van der Waals surface area contributed by atoms with E-state index in [-0.39, 0.29) is 6.20 Å². The Morgan fingerprint density at radius 2 is 1.88 bits per heavy atom. The average Bonchev–Trinajstić information content (AvgIpc) is 2.13. The smallest absolute Gasteiger partial charge is 0.258 e. The summed E-state index contributed by atoms with van der Waals surface area (Å²) < 4.78 is 73.8. The van der Waals surface area contributed by atoms with Gasteiger partial charge in [0.15, 0.2) is 5.69 Å². The quantitative estimate of drug-likeness (QED) is 0.466. The molecule has 0 radical (unpaired) electrons. The zero-order valence-electron chi connectivity index (χ0n) is 7.63. The van der Waals surface area contributed by atoms with Crippen molar-refractivity contribution < 1.29 is 31.3 Å². The van der Waals surface area contributed by atoms with E-state index in [1.165, 1.54) is 0 Å². The molecule has 0 aromatic carbocycles. The molecule has 0 bridgehead atoms. The van der Waals surface area contributed by atoms with Crippen LogP contribution in [0.25, 0.3) is 0 Å². The summed E-state index contributed by atoms with van der Waals surface area (Å²) in [6, 6.07) is 0. The lowest BCUT2D eigenvalue weighted by atomic mass is 10.2. The van der Waals surface area contributed by atoms with Gasteiger partial charge in [0.2, 0.25) is 5.82 Å². The van der Waals surface area contributed by atoms with E-state index in [1.54, 1.807) is 0 Å². The van der Waals surface area contributed by atoms with E-state index < -0.39 is 40.3 Å². The van der Waals surface area contributed by atoms with Crippen molar-refractivity contribution in [2.45, 2.75) is 12.6 Å². The van der Waals surface area contributed by atoms with E-state index in [2.05, 4.69) is 4.98 Å². The fraction of sp³-hybridized carbons (Fsp3) is 0.286. The predicted octanol–water partition coefficient (Wildman–Crippen LogP) is 3.09. The van der Waals surface area contributed by atoms with E-state index in [1.807, 2.05) is 0 Å². The second kappa shape index (κ2) is 4.18. The first-order chi connectivity index (χ1) is 7.66. The van der Waals surface area contributed by atoms with Gasteiger partial charge in [-0.25, -0.2) is 13.8 Å². The van der Waals surface area contributed by atoms with Gasteiger partial charge in [0.1, 0.15) is 5.56 Å². The summed E-state index contributed by atoms with van der Waals surface area (Å²) in [5.74, 6) is -2.42. The highest BCUT2D eigenvalue weighted by Gasteiger charge is 2.41. The number of aromatic nitrogens is 1. The normalized spacial score (nSPS) is 11.9. The maximum absolute atomic E-state index is 13.1. The van der Waals surface area contributed by atoms with Gasteiger partial charge in [0, 0.05) is 6.20 Å². The summed E-state index contributed by atoms with van der Waals surface area (Å²) in [5, 5.41) is 10.3. The highest BCUT2D eigenvalue weighted by molar-refractivity contribution is 5.43. The van der Waals surface area contributed by atoms with Crippen molar-refractivity contribution >= 4 is 5.69 Å². The molecule has 1 aromatic rings. The van der Waals surface area contributed by atoms with Crippen LogP contribution in [-0.2, 0) is 6.18 Å². The SMILES string of the molecule is O=[N+]([O-])c1c(C(F)F)cnc(C(F)(F)F)c1F. The molecule has 1 rings (SSSR count). The van der Waals surface area contributed by atoms with E-state index in [9.17, 15) is 36.5 Å². The number of pyridine rings is 1. The summed E-state index contributed by atoms with van der Waals surface area (Å²) >= 11 is 0. The molecule has 1 heterocycles. The Balaban J connectivity index is 3.56. The van der Waals surface area contributed by atoms with E-state index in [0.29, 0.717) is 0 Å². The molecule has 0 aliphatic carbocycles. The van der Waals surface area contributed by atoms with Crippen LogP contribution in [0.15, 0.2) is 6.20 Å². The molecule has 0 aliphatic heterocycles. The largest absolute Gasteiger partial charge is 0.436 e. The van der Waals surface area contributed by atoms with Crippen LogP contribution in [0, 0.1) is 15.9 Å². The van der Waals surface area contributed by atoms with Gasteiger partial charge in [-0.1, -0.05) is 0 Å². The molecule has 0 amide bonds. The third-order valence-electron chi connectivity index (χ3n) is 1.71. The molecule has 0 saturated heterocycles. The monoisotopic (exact) mass is 260 g/mol. The molecule has 17 heavy (non-hydrogen) atoms. The number of hydrogen-bond donors (Lipinski definition) is 0. The van der Waals surface area contributed by atoms with Crippen molar-refractivity contribution in [2.24, 2.45) is 0 Å². The van der Waals surface area contributed by atoms with Crippen molar-refractivity contribution in [2.75, 3.05) is 0 Å². The molecular weight excluding hydrogens is 258 g/mol. The summed E-state index contributed by atoms with van der Waals surface area (Å²) in [6.45, 7) is 0. The van der Waals surface area contributed by atoms with Gasteiger partial charge < -0.3 is 0 Å². The first-order valence-electron chi connectivity index (χ1n) is 3.84. The Labute approximate surface area is 89.0 Å². The molecule has 0 unspecified atom stereocenters. The Bertz CT molecular complexity index is 458.